The van der Waals surface area contributed by atoms with Crippen LogP contribution in [0.5, 0.6) is 0 Å². The highest BCUT2D eigenvalue weighted by atomic mass is 19.4. The number of imide groups is 2. The number of halogens is 3. The van der Waals surface area contributed by atoms with Gasteiger partial charge >= 0.3 is 12.2 Å². The summed E-state index contributed by atoms with van der Waals surface area (Å²) in [5, 5.41) is 1.98. The third-order valence-corrected chi connectivity index (χ3v) is 3.60. The molecule has 9 heteroatoms. The molecule has 1 aliphatic heterocycles. The van der Waals surface area contributed by atoms with Crippen LogP contribution in [0.2, 0.25) is 0 Å². The van der Waals surface area contributed by atoms with E-state index < -0.39 is 35.2 Å². The Bertz CT molecular complexity index is 901. The lowest BCUT2D eigenvalue weighted by atomic mass is 10.0. The standard InChI is InChI=1S/C17H11F3N2O4/c18-17(19,20)11-4-1-3-10(7-11)8-13-14(23)21-16(25)22(15(13)24)9-12-5-2-6-26-12/h1-8H,9H2,(H,21,23,25)/b13-8+. The Labute approximate surface area is 144 Å². The van der Waals surface area contributed by atoms with Gasteiger partial charge in [-0.05, 0) is 35.9 Å². The van der Waals surface area contributed by atoms with Crippen LogP contribution >= 0.6 is 0 Å². The van der Waals surface area contributed by atoms with Gasteiger partial charge in [-0.2, -0.15) is 13.2 Å². The van der Waals surface area contributed by atoms with E-state index in [0.29, 0.717) is 5.76 Å². The number of carbonyl (C=O) groups excluding carboxylic acids is 3. The smallest absolute Gasteiger partial charge is 0.416 e. The molecule has 3 rings (SSSR count). The van der Waals surface area contributed by atoms with Crippen molar-refractivity contribution in [3.63, 3.8) is 0 Å². The first-order valence-electron chi connectivity index (χ1n) is 7.34. The van der Waals surface area contributed by atoms with Gasteiger partial charge in [0.15, 0.2) is 0 Å². The summed E-state index contributed by atoms with van der Waals surface area (Å²) in [7, 11) is 0. The zero-order chi connectivity index (χ0) is 18.9. The van der Waals surface area contributed by atoms with Gasteiger partial charge in [0.25, 0.3) is 11.8 Å². The molecule has 0 saturated carbocycles. The number of rotatable bonds is 3. The molecule has 1 N–H and O–H groups in total. The highest BCUT2D eigenvalue weighted by molar-refractivity contribution is 6.30. The van der Waals surface area contributed by atoms with Crippen molar-refractivity contribution < 1.29 is 32.0 Å². The van der Waals surface area contributed by atoms with E-state index in [9.17, 15) is 27.6 Å². The lowest BCUT2D eigenvalue weighted by Gasteiger charge is -2.25. The minimum absolute atomic E-state index is 0.00521. The summed E-state index contributed by atoms with van der Waals surface area (Å²) in [6.07, 6.45) is -2.20. The van der Waals surface area contributed by atoms with Crippen LogP contribution in [-0.4, -0.2) is 22.7 Å². The third kappa shape index (κ3) is 3.51. The van der Waals surface area contributed by atoms with E-state index in [1.54, 1.807) is 6.07 Å². The molecule has 0 spiro atoms. The Morgan fingerprint density at radius 3 is 2.54 bits per heavy atom. The van der Waals surface area contributed by atoms with Crippen molar-refractivity contribution in [3.05, 3.63) is 65.1 Å². The normalized spacial score (nSPS) is 17.0. The Balaban J connectivity index is 1.93. The third-order valence-electron chi connectivity index (χ3n) is 3.60. The van der Waals surface area contributed by atoms with Gasteiger partial charge < -0.3 is 4.42 Å². The highest BCUT2D eigenvalue weighted by Gasteiger charge is 2.36. The minimum atomic E-state index is -4.56. The van der Waals surface area contributed by atoms with Gasteiger partial charge in [-0.1, -0.05) is 12.1 Å². The van der Waals surface area contributed by atoms with E-state index in [-0.39, 0.29) is 12.1 Å². The second-order valence-electron chi connectivity index (χ2n) is 5.41. The van der Waals surface area contributed by atoms with E-state index in [1.165, 1.54) is 18.4 Å². The summed E-state index contributed by atoms with van der Waals surface area (Å²) in [6, 6.07) is 6.32. The Hall–Kier alpha value is -3.36. The zero-order valence-electron chi connectivity index (χ0n) is 13.0. The number of amides is 4. The predicted octanol–water partition coefficient (Wildman–Crippen LogP) is 2.96. The van der Waals surface area contributed by atoms with Gasteiger partial charge in [-0.15, -0.1) is 0 Å². The molecule has 1 aromatic carbocycles. The van der Waals surface area contributed by atoms with Crippen molar-refractivity contribution in [1.82, 2.24) is 10.2 Å². The number of hydrogen-bond acceptors (Lipinski definition) is 4. The molecule has 6 nitrogen and oxygen atoms in total. The van der Waals surface area contributed by atoms with Crippen molar-refractivity contribution in [2.45, 2.75) is 12.7 Å². The van der Waals surface area contributed by atoms with E-state index in [1.807, 2.05) is 5.32 Å². The molecule has 1 fully saturated rings. The average molecular weight is 364 g/mol. The number of urea groups is 1. The number of alkyl halides is 3. The molecule has 0 unspecified atom stereocenters. The summed E-state index contributed by atoms with van der Waals surface area (Å²) in [5.41, 5.74) is -1.36. The Morgan fingerprint density at radius 1 is 1.12 bits per heavy atom. The molecule has 1 aromatic heterocycles. The second kappa shape index (κ2) is 6.51. The molecule has 4 amide bonds. The molecule has 2 heterocycles. The molecule has 1 saturated heterocycles. The number of carbonyl (C=O) groups is 3. The summed E-state index contributed by atoms with van der Waals surface area (Å²) in [6.45, 7) is -0.217. The quantitative estimate of drug-likeness (QED) is 0.671. The molecule has 1 aliphatic rings. The SMILES string of the molecule is O=C1NC(=O)N(Cc2ccco2)C(=O)/C1=C/c1cccc(C(F)(F)F)c1. The second-order valence-corrected chi connectivity index (χ2v) is 5.41. The van der Waals surface area contributed by atoms with Crippen molar-refractivity contribution in [1.29, 1.82) is 0 Å². The first-order chi connectivity index (χ1) is 12.3. The number of furan rings is 1. The van der Waals surface area contributed by atoms with Crippen molar-refractivity contribution in [2.75, 3.05) is 0 Å². The van der Waals surface area contributed by atoms with Crippen LogP contribution in [-0.2, 0) is 22.3 Å². The monoisotopic (exact) mass is 364 g/mol. The Morgan fingerprint density at radius 2 is 1.88 bits per heavy atom. The van der Waals surface area contributed by atoms with Gasteiger partial charge in [0.2, 0.25) is 0 Å². The fourth-order valence-electron chi connectivity index (χ4n) is 2.37. The zero-order valence-corrected chi connectivity index (χ0v) is 13.0. The maximum absolute atomic E-state index is 12.8. The Kier molecular flexibility index (Phi) is 4.37. The highest BCUT2D eigenvalue weighted by Crippen LogP contribution is 2.30. The summed E-state index contributed by atoms with van der Waals surface area (Å²) in [5.74, 6) is -1.60. The van der Waals surface area contributed by atoms with Crippen molar-refractivity contribution >= 4 is 23.9 Å². The molecule has 0 atom stereocenters. The van der Waals surface area contributed by atoms with E-state index in [4.69, 9.17) is 4.42 Å². The summed E-state index contributed by atoms with van der Waals surface area (Å²) >= 11 is 0. The first-order valence-corrected chi connectivity index (χ1v) is 7.34. The molecular weight excluding hydrogens is 353 g/mol. The maximum atomic E-state index is 12.8. The average Bonchev–Trinajstić information content (AvgIpc) is 3.08. The molecule has 0 radical (unpaired) electrons. The van der Waals surface area contributed by atoms with Gasteiger partial charge in [-0.25, -0.2) is 4.79 Å². The number of nitrogens with one attached hydrogen (secondary N) is 1. The minimum Gasteiger partial charge on any atom is -0.467 e. The topological polar surface area (TPSA) is 79.6 Å². The van der Waals surface area contributed by atoms with Gasteiger partial charge in [0, 0.05) is 0 Å². The van der Waals surface area contributed by atoms with Crippen LogP contribution < -0.4 is 5.32 Å². The van der Waals surface area contributed by atoms with Crippen LogP contribution in [0, 0.1) is 0 Å². The molecule has 2 aromatic rings. The van der Waals surface area contributed by atoms with Gasteiger partial charge in [0.1, 0.15) is 11.3 Å². The van der Waals surface area contributed by atoms with Gasteiger partial charge in [-0.3, -0.25) is 19.8 Å². The van der Waals surface area contributed by atoms with Crippen molar-refractivity contribution in [3.8, 4) is 0 Å². The van der Waals surface area contributed by atoms with Crippen LogP contribution in [0.4, 0.5) is 18.0 Å². The van der Waals surface area contributed by atoms with Gasteiger partial charge in [0.05, 0.1) is 18.4 Å². The molecular formula is C17H11F3N2O4. The lowest BCUT2D eigenvalue weighted by Crippen LogP contribution is -2.53. The van der Waals surface area contributed by atoms with Crippen LogP contribution in [0.1, 0.15) is 16.9 Å². The summed E-state index contributed by atoms with van der Waals surface area (Å²) in [4.78, 5) is 37.0. The molecule has 134 valence electrons. The number of benzene rings is 1. The number of barbiturate groups is 1. The van der Waals surface area contributed by atoms with E-state index in [0.717, 1.165) is 29.2 Å². The summed E-state index contributed by atoms with van der Waals surface area (Å²) < 4.78 is 43.4. The largest absolute Gasteiger partial charge is 0.467 e. The number of nitrogens with zero attached hydrogens (tertiary/aromatic N) is 1. The lowest BCUT2D eigenvalue weighted by molar-refractivity contribution is -0.137. The van der Waals surface area contributed by atoms with E-state index >= 15 is 0 Å². The molecule has 26 heavy (non-hydrogen) atoms. The molecule has 0 bridgehead atoms. The van der Waals surface area contributed by atoms with Crippen LogP contribution in [0.15, 0.2) is 52.7 Å². The van der Waals surface area contributed by atoms with Crippen LogP contribution in [0.3, 0.4) is 0 Å². The van der Waals surface area contributed by atoms with Crippen LogP contribution in [0.25, 0.3) is 6.08 Å². The van der Waals surface area contributed by atoms with Crippen molar-refractivity contribution in [2.24, 2.45) is 0 Å². The maximum Gasteiger partial charge on any atom is 0.416 e. The fraction of sp³-hybridized carbons (Fsp3) is 0.118. The fourth-order valence-corrected chi connectivity index (χ4v) is 2.37. The predicted molar refractivity (Wildman–Crippen MR) is 82.2 cm³/mol. The molecule has 0 aliphatic carbocycles. The first kappa shape index (κ1) is 17.5. The number of hydrogen-bond donors (Lipinski definition) is 1. The van der Waals surface area contributed by atoms with E-state index in [2.05, 4.69) is 0 Å².